The molecule has 0 fully saturated rings. The average Bonchev–Trinajstić information content (AvgIpc) is 2.46. The smallest absolute Gasteiger partial charge is 0.358 e. The van der Waals surface area contributed by atoms with E-state index in [1.54, 1.807) is 0 Å². The first-order valence-electron chi connectivity index (χ1n) is 6.59. The highest BCUT2D eigenvalue weighted by atomic mass is 16.5. The van der Waals surface area contributed by atoms with Crippen molar-refractivity contribution in [1.82, 2.24) is 9.97 Å². The van der Waals surface area contributed by atoms with Gasteiger partial charge in [-0.2, -0.15) is 0 Å². The molecule has 21 heavy (non-hydrogen) atoms. The second kappa shape index (κ2) is 5.91. The van der Waals surface area contributed by atoms with Gasteiger partial charge < -0.3 is 9.47 Å². The number of carbonyl (C=O) groups excluding carboxylic acids is 1. The molecule has 110 valence electrons. The molecule has 0 saturated carbocycles. The Balaban J connectivity index is 2.17. The van der Waals surface area contributed by atoms with Crippen LogP contribution in [0.5, 0.6) is 11.6 Å². The fourth-order valence-corrected chi connectivity index (χ4v) is 1.74. The summed E-state index contributed by atoms with van der Waals surface area (Å²) in [5.74, 6) is 0.344. The molecule has 0 spiro atoms. The molecule has 0 bridgehead atoms. The number of benzene rings is 1. The van der Waals surface area contributed by atoms with Crippen LogP contribution in [0.1, 0.15) is 36.8 Å². The van der Waals surface area contributed by atoms with Crippen molar-refractivity contribution >= 4 is 5.97 Å². The molecule has 1 aromatic heterocycles. The van der Waals surface area contributed by atoms with E-state index in [1.807, 2.05) is 24.3 Å². The standard InChI is InChI=1S/C16H18N2O3/c1-16(2,3)11-5-7-12(8-6-11)21-14-10-17-9-13(18-14)15(19)20-4/h5-10H,1-4H3. The maximum atomic E-state index is 11.4. The molecule has 5 heteroatoms. The third-order valence-electron chi connectivity index (χ3n) is 2.95. The lowest BCUT2D eigenvalue weighted by molar-refractivity contribution is 0.0592. The molecule has 0 aliphatic heterocycles. The van der Waals surface area contributed by atoms with Crippen LogP contribution in [0.2, 0.25) is 0 Å². The van der Waals surface area contributed by atoms with Gasteiger partial charge >= 0.3 is 5.97 Å². The highest BCUT2D eigenvalue weighted by Gasteiger charge is 2.14. The Labute approximate surface area is 124 Å². The predicted molar refractivity (Wildman–Crippen MR) is 78.6 cm³/mol. The first-order valence-corrected chi connectivity index (χ1v) is 6.59. The summed E-state index contributed by atoms with van der Waals surface area (Å²) in [6, 6.07) is 7.75. The Morgan fingerprint density at radius 1 is 1.10 bits per heavy atom. The minimum atomic E-state index is -0.545. The molecular formula is C16H18N2O3. The minimum Gasteiger partial charge on any atom is -0.464 e. The summed E-state index contributed by atoms with van der Waals surface area (Å²) in [4.78, 5) is 19.4. The maximum absolute atomic E-state index is 11.4. The van der Waals surface area contributed by atoms with Crippen LogP contribution in [0.4, 0.5) is 0 Å². The number of nitrogens with zero attached hydrogens (tertiary/aromatic N) is 2. The molecule has 0 radical (unpaired) electrons. The van der Waals surface area contributed by atoms with Crippen LogP contribution in [0.25, 0.3) is 0 Å². The number of rotatable bonds is 3. The maximum Gasteiger partial charge on any atom is 0.358 e. The Morgan fingerprint density at radius 2 is 1.76 bits per heavy atom. The van der Waals surface area contributed by atoms with Crippen LogP contribution in [0.15, 0.2) is 36.7 Å². The second-order valence-corrected chi connectivity index (χ2v) is 5.61. The summed E-state index contributed by atoms with van der Waals surface area (Å²) in [5, 5.41) is 0. The van der Waals surface area contributed by atoms with Crippen LogP contribution in [0.3, 0.4) is 0 Å². The van der Waals surface area contributed by atoms with Crippen LogP contribution in [0, 0.1) is 0 Å². The minimum absolute atomic E-state index is 0.0864. The van der Waals surface area contributed by atoms with Crippen molar-refractivity contribution in [2.45, 2.75) is 26.2 Å². The third kappa shape index (κ3) is 3.78. The number of aromatic nitrogens is 2. The summed E-state index contributed by atoms with van der Waals surface area (Å²) in [6.45, 7) is 6.44. The molecule has 0 aliphatic carbocycles. The van der Waals surface area contributed by atoms with Crippen molar-refractivity contribution in [2.24, 2.45) is 0 Å². The van der Waals surface area contributed by atoms with E-state index in [2.05, 4.69) is 35.5 Å². The number of esters is 1. The van der Waals surface area contributed by atoms with E-state index < -0.39 is 5.97 Å². The van der Waals surface area contributed by atoms with E-state index in [1.165, 1.54) is 25.1 Å². The molecule has 0 N–H and O–H groups in total. The van der Waals surface area contributed by atoms with Gasteiger partial charge in [0.25, 0.3) is 0 Å². The predicted octanol–water partition coefficient (Wildman–Crippen LogP) is 3.35. The Morgan fingerprint density at radius 3 is 2.33 bits per heavy atom. The molecule has 2 rings (SSSR count). The monoisotopic (exact) mass is 286 g/mol. The zero-order chi connectivity index (χ0) is 15.5. The molecule has 0 amide bonds. The van der Waals surface area contributed by atoms with Crippen molar-refractivity contribution in [3.05, 3.63) is 47.9 Å². The first kappa shape index (κ1) is 15.0. The molecule has 1 heterocycles. The van der Waals surface area contributed by atoms with Gasteiger partial charge in [0.15, 0.2) is 5.69 Å². The quantitative estimate of drug-likeness (QED) is 0.810. The summed E-state index contributed by atoms with van der Waals surface area (Å²) in [7, 11) is 1.29. The van der Waals surface area contributed by atoms with Crippen LogP contribution < -0.4 is 4.74 Å². The highest BCUT2D eigenvalue weighted by molar-refractivity contribution is 5.86. The van der Waals surface area contributed by atoms with Gasteiger partial charge in [0.1, 0.15) is 5.75 Å². The number of hydrogen-bond acceptors (Lipinski definition) is 5. The van der Waals surface area contributed by atoms with Crippen molar-refractivity contribution in [1.29, 1.82) is 0 Å². The fraction of sp³-hybridized carbons (Fsp3) is 0.312. The average molecular weight is 286 g/mol. The lowest BCUT2D eigenvalue weighted by Crippen LogP contribution is -2.10. The van der Waals surface area contributed by atoms with E-state index in [0.29, 0.717) is 5.75 Å². The molecule has 2 aromatic rings. The van der Waals surface area contributed by atoms with Gasteiger partial charge in [-0.3, -0.25) is 4.98 Å². The lowest BCUT2D eigenvalue weighted by Gasteiger charge is -2.19. The zero-order valence-electron chi connectivity index (χ0n) is 12.6. The highest BCUT2D eigenvalue weighted by Crippen LogP contribution is 2.26. The number of carbonyl (C=O) groups is 1. The molecule has 1 aromatic carbocycles. The molecule has 0 atom stereocenters. The summed E-state index contributed by atoms with van der Waals surface area (Å²) in [5.41, 5.74) is 1.41. The van der Waals surface area contributed by atoms with E-state index in [0.717, 1.165) is 0 Å². The Hall–Kier alpha value is -2.43. The Kier molecular flexibility index (Phi) is 4.21. The topological polar surface area (TPSA) is 61.3 Å². The summed E-state index contributed by atoms with van der Waals surface area (Å²) in [6.07, 6.45) is 2.78. The molecule has 0 aliphatic rings. The molecule has 0 saturated heterocycles. The third-order valence-corrected chi connectivity index (χ3v) is 2.95. The number of hydrogen-bond donors (Lipinski definition) is 0. The molecular weight excluding hydrogens is 268 g/mol. The van der Waals surface area contributed by atoms with Gasteiger partial charge in [0, 0.05) is 0 Å². The number of methoxy groups -OCH3 is 1. The van der Waals surface area contributed by atoms with Crippen LogP contribution >= 0.6 is 0 Å². The largest absolute Gasteiger partial charge is 0.464 e. The summed E-state index contributed by atoms with van der Waals surface area (Å²) < 4.78 is 10.2. The van der Waals surface area contributed by atoms with Crippen molar-refractivity contribution in [3.8, 4) is 11.6 Å². The van der Waals surface area contributed by atoms with E-state index >= 15 is 0 Å². The second-order valence-electron chi connectivity index (χ2n) is 5.61. The van der Waals surface area contributed by atoms with Crippen molar-refractivity contribution < 1.29 is 14.3 Å². The van der Waals surface area contributed by atoms with Gasteiger partial charge in [-0.05, 0) is 23.1 Å². The van der Waals surface area contributed by atoms with Crippen LogP contribution in [-0.4, -0.2) is 23.0 Å². The zero-order valence-corrected chi connectivity index (χ0v) is 12.6. The van der Waals surface area contributed by atoms with E-state index in [9.17, 15) is 4.79 Å². The van der Waals surface area contributed by atoms with E-state index in [-0.39, 0.29) is 17.0 Å². The number of ether oxygens (including phenoxy) is 2. The van der Waals surface area contributed by atoms with Gasteiger partial charge in [-0.1, -0.05) is 32.9 Å². The van der Waals surface area contributed by atoms with Gasteiger partial charge in [0.05, 0.1) is 19.5 Å². The Bertz CT molecular complexity index is 631. The normalized spacial score (nSPS) is 11.0. The SMILES string of the molecule is COC(=O)c1cncc(Oc2ccc(C(C)(C)C)cc2)n1. The first-order chi connectivity index (χ1) is 9.90. The van der Waals surface area contributed by atoms with Crippen LogP contribution in [-0.2, 0) is 10.2 Å². The van der Waals surface area contributed by atoms with Crippen molar-refractivity contribution in [3.63, 3.8) is 0 Å². The summed E-state index contributed by atoms with van der Waals surface area (Å²) >= 11 is 0. The van der Waals surface area contributed by atoms with Crippen molar-refractivity contribution in [2.75, 3.05) is 7.11 Å². The van der Waals surface area contributed by atoms with E-state index in [4.69, 9.17) is 4.74 Å². The molecule has 0 unspecified atom stereocenters. The fourth-order valence-electron chi connectivity index (χ4n) is 1.74. The lowest BCUT2D eigenvalue weighted by atomic mass is 9.87. The van der Waals surface area contributed by atoms with Gasteiger partial charge in [-0.15, -0.1) is 0 Å². The molecule has 5 nitrogen and oxygen atoms in total. The van der Waals surface area contributed by atoms with Gasteiger partial charge in [-0.25, -0.2) is 9.78 Å². The van der Waals surface area contributed by atoms with Gasteiger partial charge in [0.2, 0.25) is 5.88 Å².